The van der Waals surface area contributed by atoms with Gasteiger partial charge in [0.15, 0.2) is 11.5 Å². The minimum atomic E-state index is -4.55. The van der Waals surface area contributed by atoms with Crippen LogP contribution in [-0.4, -0.2) is 19.1 Å². The van der Waals surface area contributed by atoms with Crippen molar-refractivity contribution in [3.63, 3.8) is 0 Å². The second kappa shape index (κ2) is 7.92. The summed E-state index contributed by atoms with van der Waals surface area (Å²) in [6.07, 6.45) is -2.09. The van der Waals surface area contributed by atoms with Gasteiger partial charge < -0.3 is 14.8 Å². The zero-order valence-electron chi connectivity index (χ0n) is 14.0. The van der Waals surface area contributed by atoms with Crippen molar-refractivity contribution in [2.24, 2.45) is 0 Å². The molecule has 0 aromatic heterocycles. The number of fused-ring (bicyclic) bond motifs is 1. The highest BCUT2D eigenvalue weighted by Gasteiger charge is 2.33. The molecule has 0 radical (unpaired) electrons. The summed E-state index contributed by atoms with van der Waals surface area (Å²) in [6, 6.07) is 8.78. The Hall–Kier alpha value is -2.67. The maximum atomic E-state index is 12.8. The number of alkyl halides is 3. The van der Waals surface area contributed by atoms with E-state index in [0.717, 1.165) is 17.7 Å². The van der Waals surface area contributed by atoms with Crippen molar-refractivity contribution < 1.29 is 27.4 Å². The third-order valence-electron chi connectivity index (χ3n) is 3.80. The summed E-state index contributed by atoms with van der Waals surface area (Å²) >= 11 is 5.57. The fourth-order valence-electron chi connectivity index (χ4n) is 2.48. The summed E-state index contributed by atoms with van der Waals surface area (Å²) in [7, 11) is 0. The first-order valence-electron chi connectivity index (χ1n) is 8.04. The van der Waals surface area contributed by atoms with Gasteiger partial charge in [-0.2, -0.15) is 13.2 Å². The summed E-state index contributed by atoms with van der Waals surface area (Å²) in [4.78, 5) is 11.9. The summed E-state index contributed by atoms with van der Waals surface area (Å²) in [5, 5.41) is 2.28. The fourth-order valence-corrected chi connectivity index (χ4v) is 2.71. The van der Waals surface area contributed by atoms with Crippen LogP contribution >= 0.6 is 11.6 Å². The third kappa shape index (κ3) is 4.95. The van der Waals surface area contributed by atoms with Gasteiger partial charge in [-0.3, -0.25) is 4.79 Å². The van der Waals surface area contributed by atoms with E-state index in [1.165, 1.54) is 18.2 Å². The van der Waals surface area contributed by atoms with Crippen molar-refractivity contribution in [3.8, 4) is 11.5 Å². The van der Waals surface area contributed by atoms with Crippen LogP contribution in [0.3, 0.4) is 0 Å². The number of carbonyl (C=O) groups excluding carboxylic acids is 1. The predicted molar refractivity (Wildman–Crippen MR) is 94.8 cm³/mol. The Morgan fingerprint density at radius 3 is 2.59 bits per heavy atom. The average Bonchev–Trinajstić information content (AvgIpc) is 2.64. The lowest BCUT2D eigenvalue weighted by Crippen LogP contribution is -2.21. The Morgan fingerprint density at radius 1 is 1.11 bits per heavy atom. The molecular weight excluding hydrogens is 383 g/mol. The highest BCUT2D eigenvalue weighted by Crippen LogP contribution is 2.35. The Kier molecular flexibility index (Phi) is 5.60. The van der Waals surface area contributed by atoms with Crippen LogP contribution in [-0.2, 0) is 17.5 Å². The lowest BCUT2D eigenvalue weighted by atomic mass is 10.1. The summed E-state index contributed by atoms with van der Waals surface area (Å²) in [5.74, 6) is 0.831. The van der Waals surface area contributed by atoms with Crippen molar-refractivity contribution in [1.82, 2.24) is 5.32 Å². The number of hydrogen-bond donors (Lipinski definition) is 1. The average molecular weight is 398 g/mol. The van der Waals surface area contributed by atoms with Crippen molar-refractivity contribution in [3.05, 3.63) is 64.2 Å². The van der Waals surface area contributed by atoms with E-state index >= 15 is 0 Å². The van der Waals surface area contributed by atoms with Crippen LogP contribution in [0, 0.1) is 0 Å². The molecule has 1 heterocycles. The van der Waals surface area contributed by atoms with Crippen LogP contribution in [0.15, 0.2) is 42.5 Å². The SMILES string of the molecule is O=C(/C=C/c1ccc(Cl)c(C(F)(F)F)c1)NCc1ccc2c(c1)OCCO2. The molecule has 3 rings (SSSR count). The van der Waals surface area contributed by atoms with Gasteiger partial charge in [-0.1, -0.05) is 23.7 Å². The lowest BCUT2D eigenvalue weighted by Gasteiger charge is -2.18. The second-order valence-corrected chi connectivity index (χ2v) is 6.17. The molecule has 2 aromatic carbocycles. The standard InChI is InChI=1S/C19H15ClF3NO3/c20-15-4-1-12(9-14(15)19(21,22)23)3-6-18(25)24-11-13-2-5-16-17(10-13)27-8-7-26-16/h1-6,9-10H,7-8,11H2,(H,24,25)/b6-3+. The van der Waals surface area contributed by atoms with E-state index < -0.39 is 17.6 Å². The summed E-state index contributed by atoms with van der Waals surface area (Å²) in [5.41, 5.74) is 0.0936. The molecule has 0 saturated heterocycles. The fraction of sp³-hybridized carbons (Fsp3) is 0.211. The van der Waals surface area contributed by atoms with Gasteiger partial charge >= 0.3 is 6.18 Å². The normalized spacial score (nSPS) is 13.6. The van der Waals surface area contributed by atoms with E-state index in [4.69, 9.17) is 21.1 Å². The number of hydrogen-bond acceptors (Lipinski definition) is 3. The Labute approximate surface area is 158 Å². The molecule has 0 fully saturated rings. The summed E-state index contributed by atoms with van der Waals surface area (Å²) in [6.45, 7) is 1.20. The van der Waals surface area contributed by atoms with E-state index in [9.17, 15) is 18.0 Å². The van der Waals surface area contributed by atoms with E-state index in [0.29, 0.717) is 24.7 Å². The molecule has 0 bridgehead atoms. The molecule has 0 saturated carbocycles. The van der Waals surface area contributed by atoms with E-state index in [1.54, 1.807) is 18.2 Å². The molecule has 1 aliphatic heterocycles. The first-order valence-corrected chi connectivity index (χ1v) is 8.42. The van der Waals surface area contributed by atoms with Crippen molar-refractivity contribution in [1.29, 1.82) is 0 Å². The second-order valence-electron chi connectivity index (χ2n) is 5.77. The molecule has 1 amide bonds. The van der Waals surface area contributed by atoms with Gasteiger partial charge in [0.05, 0.1) is 10.6 Å². The van der Waals surface area contributed by atoms with Gasteiger partial charge in [-0.05, 0) is 41.5 Å². The van der Waals surface area contributed by atoms with Crippen LogP contribution in [0.5, 0.6) is 11.5 Å². The number of rotatable bonds is 4. The largest absolute Gasteiger partial charge is 0.486 e. The minimum absolute atomic E-state index is 0.223. The number of benzene rings is 2. The number of nitrogens with one attached hydrogen (secondary N) is 1. The predicted octanol–water partition coefficient (Wildman–Crippen LogP) is 4.46. The number of carbonyl (C=O) groups is 1. The van der Waals surface area contributed by atoms with E-state index in [2.05, 4.69) is 5.32 Å². The third-order valence-corrected chi connectivity index (χ3v) is 4.13. The number of ether oxygens (including phenoxy) is 2. The van der Waals surface area contributed by atoms with Gasteiger partial charge in [0.1, 0.15) is 13.2 Å². The smallest absolute Gasteiger partial charge is 0.417 e. The van der Waals surface area contributed by atoms with Crippen LogP contribution in [0.25, 0.3) is 6.08 Å². The Balaban J connectivity index is 1.61. The molecule has 1 N–H and O–H groups in total. The van der Waals surface area contributed by atoms with E-state index in [-0.39, 0.29) is 17.1 Å². The molecule has 4 nitrogen and oxygen atoms in total. The van der Waals surface area contributed by atoms with Crippen LogP contribution in [0.2, 0.25) is 5.02 Å². The maximum Gasteiger partial charge on any atom is 0.417 e. The molecule has 0 aliphatic carbocycles. The zero-order valence-corrected chi connectivity index (χ0v) is 14.7. The monoisotopic (exact) mass is 397 g/mol. The molecule has 27 heavy (non-hydrogen) atoms. The first kappa shape index (κ1) is 19.1. The lowest BCUT2D eigenvalue weighted by molar-refractivity contribution is -0.137. The Bertz CT molecular complexity index is 881. The van der Waals surface area contributed by atoms with E-state index in [1.807, 2.05) is 0 Å². The molecule has 0 unspecified atom stereocenters. The zero-order chi connectivity index (χ0) is 19.4. The maximum absolute atomic E-state index is 12.8. The van der Waals surface area contributed by atoms with Gasteiger partial charge in [0.2, 0.25) is 5.91 Å². The molecule has 0 atom stereocenters. The molecule has 142 valence electrons. The van der Waals surface area contributed by atoms with Gasteiger partial charge in [-0.15, -0.1) is 0 Å². The van der Waals surface area contributed by atoms with Crippen molar-refractivity contribution in [2.75, 3.05) is 13.2 Å². The molecule has 0 spiro atoms. The van der Waals surface area contributed by atoms with Crippen LogP contribution in [0.4, 0.5) is 13.2 Å². The van der Waals surface area contributed by atoms with Crippen LogP contribution < -0.4 is 14.8 Å². The van der Waals surface area contributed by atoms with Gasteiger partial charge in [-0.25, -0.2) is 0 Å². The quantitative estimate of drug-likeness (QED) is 0.775. The van der Waals surface area contributed by atoms with Gasteiger partial charge in [0.25, 0.3) is 0 Å². The molecular formula is C19H15ClF3NO3. The number of halogens is 4. The Morgan fingerprint density at radius 2 is 1.85 bits per heavy atom. The highest BCUT2D eigenvalue weighted by atomic mass is 35.5. The molecule has 8 heteroatoms. The number of amides is 1. The molecule has 1 aliphatic rings. The minimum Gasteiger partial charge on any atom is -0.486 e. The topological polar surface area (TPSA) is 47.6 Å². The summed E-state index contributed by atoms with van der Waals surface area (Å²) < 4.78 is 49.4. The van der Waals surface area contributed by atoms with Crippen molar-refractivity contribution >= 4 is 23.6 Å². The van der Waals surface area contributed by atoms with Crippen LogP contribution in [0.1, 0.15) is 16.7 Å². The van der Waals surface area contributed by atoms with Crippen molar-refractivity contribution in [2.45, 2.75) is 12.7 Å². The first-order chi connectivity index (χ1) is 12.8. The molecule has 2 aromatic rings. The highest BCUT2D eigenvalue weighted by molar-refractivity contribution is 6.31. The van der Waals surface area contributed by atoms with Gasteiger partial charge in [0, 0.05) is 12.6 Å².